The molecule has 1 atom stereocenters. The number of cyclic esters (lactones) is 1. The molecule has 0 saturated heterocycles. The zero-order valence-corrected chi connectivity index (χ0v) is 20.5. The van der Waals surface area contributed by atoms with E-state index >= 15 is 0 Å². The van der Waals surface area contributed by atoms with Crippen molar-refractivity contribution in [3.63, 3.8) is 0 Å². The van der Waals surface area contributed by atoms with E-state index in [1.807, 2.05) is 24.5 Å². The maximum atomic E-state index is 13.8. The topological polar surface area (TPSA) is 103 Å². The van der Waals surface area contributed by atoms with Crippen LogP contribution >= 0.6 is 0 Å². The Hall–Kier alpha value is -4.01. The van der Waals surface area contributed by atoms with Crippen LogP contribution in [0.3, 0.4) is 0 Å². The van der Waals surface area contributed by atoms with Crippen molar-refractivity contribution < 1.29 is 19.1 Å². The van der Waals surface area contributed by atoms with Crippen LogP contribution in [-0.2, 0) is 37.8 Å². The second kappa shape index (κ2) is 8.01. The van der Waals surface area contributed by atoms with Gasteiger partial charge in [0.25, 0.3) is 5.56 Å². The molecular weight excluding hydrogens is 460 g/mol. The van der Waals surface area contributed by atoms with Crippen LogP contribution in [0.1, 0.15) is 56.7 Å². The summed E-state index contributed by atoms with van der Waals surface area (Å²) in [6, 6.07) is 7.64. The largest absolute Gasteiger partial charge is 0.457 e. The molecule has 1 aromatic carbocycles. The number of unbranched alkanes of at least 4 members (excludes halogenated alkanes) is 1. The van der Waals surface area contributed by atoms with Gasteiger partial charge in [0.15, 0.2) is 0 Å². The molecule has 0 spiro atoms. The Morgan fingerprint density at radius 2 is 2.06 bits per heavy atom. The summed E-state index contributed by atoms with van der Waals surface area (Å²) >= 11 is 0. The number of benzene rings is 1. The molecule has 184 valence electrons. The third kappa shape index (κ3) is 2.98. The third-order valence-corrected chi connectivity index (χ3v) is 7.32. The zero-order valence-electron chi connectivity index (χ0n) is 20.5. The molecule has 36 heavy (non-hydrogen) atoms. The first-order valence-electron chi connectivity index (χ1n) is 12.3. The zero-order chi connectivity index (χ0) is 25.2. The summed E-state index contributed by atoms with van der Waals surface area (Å²) in [5.41, 5.74) is 3.70. The van der Waals surface area contributed by atoms with E-state index in [9.17, 15) is 14.4 Å². The van der Waals surface area contributed by atoms with E-state index < -0.39 is 17.5 Å². The molecule has 3 aromatic rings. The minimum Gasteiger partial charge on any atom is -0.457 e. The molecule has 0 radical (unpaired) electrons. The number of ether oxygens (including phenoxy) is 2. The first kappa shape index (κ1) is 22.5. The Morgan fingerprint density at radius 1 is 1.22 bits per heavy atom. The van der Waals surface area contributed by atoms with Gasteiger partial charge in [-0.15, -0.1) is 0 Å². The number of carbonyl (C=O) groups excluding carboxylic acids is 2. The summed E-state index contributed by atoms with van der Waals surface area (Å²) in [7, 11) is 0. The molecule has 5 heterocycles. The number of rotatable bonds is 5. The van der Waals surface area contributed by atoms with Crippen molar-refractivity contribution in [1.82, 2.24) is 9.55 Å². The van der Waals surface area contributed by atoms with Crippen molar-refractivity contribution in [1.29, 1.82) is 0 Å². The van der Waals surface area contributed by atoms with Gasteiger partial charge in [0.2, 0.25) is 5.60 Å². The highest BCUT2D eigenvalue weighted by molar-refractivity contribution is 6.11. The molecule has 0 saturated carbocycles. The fraction of sp³-hybridized carbons (Fsp3) is 0.370. The predicted octanol–water partition coefficient (Wildman–Crippen LogP) is 3.93. The van der Waals surface area contributed by atoms with Crippen molar-refractivity contribution in [2.75, 3.05) is 11.4 Å². The Kier molecular flexibility index (Phi) is 5.00. The van der Waals surface area contributed by atoms with Crippen molar-refractivity contribution in [3.8, 4) is 11.4 Å². The van der Waals surface area contributed by atoms with Gasteiger partial charge in [0.1, 0.15) is 6.61 Å². The number of anilines is 1. The van der Waals surface area contributed by atoms with E-state index in [0.717, 1.165) is 47.2 Å². The fourth-order valence-electron chi connectivity index (χ4n) is 5.60. The summed E-state index contributed by atoms with van der Waals surface area (Å²) in [4.78, 5) is 50.5. The lowest BCUT2D eigenvalue weighted by Crippen LogP contribution is -2.47. The maximum absolute atomic E-state index is 13.8. The average molecular weight is 487 g/mol. The smallest absolute Gasteiger partial charge is 0.355 e. The van der Waals surface area contributed by atoms with E-state index in [1.165, 1.54) is 6.92 Å². The Morgan fingerprint density at radius 3 is 2.81 bits per heavy atom. The van der Waals surface area contributed by atoms with E-state index in [4.69, 9.17) is 14.5 Å². The van der Waals surface area contributed by atoms with Crippen LogP contribution in [-0.4, -0.2) is 34.4 Å². The minimum absolute atomic E-state index is 0.148. The van der Waals surface area contributed by atoms with E-state index in [-0.39, 0.29) is 18.6 Å². The lowest BCUT2D eigenvalue weighted by atomic mass is 9.85. The van der Waals surface area contributed by atoms with E-state index in [1.54, 1.807) is 17.6 Å². The van der Waals surface area contributed by atoms with Crippen LogP contribution in [0, 0.1) is 0 Å². The van der Waals surface area contributed by atoms with Crippen LogP contribution in [0.25, 0.3) is 22.3 Å². The second-order valence-electron chi connectivity index (χ2n) is 9.41. The van der Waals surface area contributed by atoms with Crippen molar-refractivity contribution in [3.05, 3.63) is 51.3 Å². The Balaban J connectivity index is 1.62. The minimum atomic E-state index is -1.66. The van der Waals surface area contributed by atoms with E-state index in [2.05, 4.69) is 16.8 Å². The number of aromatic nitrogens is 2. The van der Waals surface area contributed by atoms with Gasteiger partial charge >= 0.3 is 11.9 Å². The first-order chi connectivity index (χ1) is 17.4. The summed E-state index contributed by atoms with van der Waals surface area (Å²) < 4.78 is 12.6. The fourth-order valence-corrected chi connectivity index (χ4v) is 5.60. The standard InChI is InChI=1S/C27H26N4O5/c1-4-6-10-30-14-28-19-8-7-9-20-22(19)24(30)16-12-31-21(23(16)29-20)11-18-17(25(31)33)13-35-26(34)27(18,5-2)36-15(3)32/h7-9,11,14H,4-6,10,12-13H2,1-3H3/t27-/m0/s1. The molecule has 0 aliphatic carbocycles. The van der Waals surface area contributed by atoms with Gasteiger partial charge in [-0.25, -0.2) is 14.8 Å². The van der Waals surface area contributed by atoms with Crippen molar-refractivity contribution in [2.45, 2.75) is 58.8 Å². The molecular formula is C27H26N4O5. The number of nitrogens with zero attached hydrogens (tertiary/aromatic N) is 4. The monoisotopic (exact) mass is 486 g/mol. The van der Waals surface area contributed by atoms with Crippen LogP contribution < -0.4 is 10.5 Å². The molecule has 0 unspecified atom stereocenters. The van der Waals surface area contributed by atoms with Crippen LogP contribution in [0.2, 0.25) is 0 Å². The molecule has 0 N–H and O–H groups in total. The number of fused-ring (bicyclic) bond motifs is 5. The second-order valence-corrected chi connectivity index (χ2v) is 9.41. The maximum Gasteiger partial charge on any atom is 0.355 e. The molecule has 0 amide bonds. The van der Waals surface area contributed by atoms with Gasteiger partial charge in [0.05, 0.1) is 52.1 Å². The van der Waals surface area contributed by atoms with Crippen molar-refractivity contribution >= 4 is 40.6 Å². The Labute approximate surface area is 207 Å². The van der Waals surface area contributed by atoms with Gasteiger partial charge in [-0.3, -0.25) is 9.59 Å². The van der Waals surface area contributed by atoms with Gasteiger partial charge in [-0.05, 0) is 31.0 Å². The number of hydrogen-bond donors (Lipinski definition) is 0. The molecule has 9 heteroatoms. The van der Waals surface area contributed by atoms with Gasteiger partial charge in [-0.1, -0.05) is 26.3 Å². The lowest BCUT2D eigenvalue weighted by molar-refractivity contribution is -0.188. The summed E-state index contributed by atoms with van der Waals surface area (Å²) in [6.07, 6.45) is 4.04. The number of hydrogen-bond acceptors (Lipinski definition) is 8. The van der Waals surface area contributed by atoms with Gasteiger partial charge < -0.3 is 18.9 Å². The lowest BCUT2D eigenvalue weighted by Gasteiger charge is -2.35. The third-order valence-electron chi connectivity index (χ3n) is 7.32. The van der Waals surface area contributed by atoms with Crippen molar-refractivity contribution in [2.24, 2.45) is 4.99 Å². The number of pyridine rings is 2. The predicted molar refractivity (Wildman–Crippen MR) is 134 cm³/mol. The molecule has 0 bridgehead atoms. The van der Waals surface area contributed by atoms with Crippen LogP contribution in [0.5, 0.6) is 0 Å². The first-order valence-corrected chi connectivity index (χ1v) is 12.3. The summed E-state index contributed by atoms with van der Waals surface area (Å²) in [5, 5.41) is 0.974. The number of aliphatic imine (C=N–C) groups is 1. The molecule has 3 aliphatic rings. The molecule has 0 fully saturated rings. The molecule has 9 nitrogen and oxygen atoms in total. The van der Waals surface area contributed by atoms with Gasteiger partial charge in [0, 0.05) is 24.6 Å². The molecule has 2 aromatic heterocycles. The van der Waals surface area contributed by atoms with E-state index in [0.29, 0.717) is 29.1 Å². The number of esters is 2. The highest BCUT2D eigenvalue weighted by atomic mass is 16.6. The highest BCUT2D eigenvalue weighted by Gasteiger charge is 2.50. The summed E-state index contributed by atoms with van der Waals surface area (Å²) in [5.74, 6) is -1.28. The SMILES string of the molecule is CCCCN1C=Nc2cccc3nc4c(c1c23)Cn1c-4cc2c(c1=O)COC(=O)[C@@]2(CC)OC(C)=O. The number of carbonyl (C=O) groups is 2. The molecule has 3 aliphatic heterocycles. The highest BCUT2D eigenvalue weighted by Crippen LogP contribution is 2.46. The quantitative estimate of drug-likeness (QED) is 0.394. The van der Waals surface area contributed by atoms with Crippen LogP contribution in [0.15, 0.2) is 34.1 Å². The normalized spacial score (nSPS) is 19.1. The molecule has 6 rings (SSSR count). The van der Waals surface area contributed by atoms with Gasteiger partial charge in [-0.2, -0.15) is 0 Å². The van der Waals surface area contributed by atoms with Crippen LogP contribution in [0.4, 0.5) is 11.4 Å². The Bertz CT molecular complexity index is 1560. The average Bonchev–Trinajstić information content (AvgIpc) is 3.24. The summed E-state index contributed by atoms with van der Waals surface area (Å²) in [6.45, 7) is 6.12.